The van der Waals surface area contributed by atoms with Gasteiger partial charge >= 0.3 is 102 Å². The first kappa shape index (κ1) is 12.6. The molecule has 0 aromatic heterocycles. The van der Waals surface area contributed by atoms with E-state index in [0.29, 0.717) is 0 Å². The Morgan fingerprint density at radius 3 is 2.60 bits per heavy atom. The van der Waals surface area contributed by atoms with Gasteiger partial charge in [-0.05, 0) is 0 Å². The van der Waals surface area contributed by atoms with E-state index in [0.717, 1.165) is 24.6 Å². The SMILES string of the molecule is [Li][CH2]C=CCN(C)CCc1ccccc1. The molecular weight excluding hydrogens is 177 g/mol. The first-order chi connectivity index (χ1) is 7.33. The van der Waals surface area contributed by atoms with Crippen LogP contribution in [-0.2, 0) is 6.42 Å². The first-order valence-corrected chi connectivity index (χ1v) is 5.70. The van der Waals surface area contributed by atoms with Crippen molar-refractivity contribution in [1.29, 1.82) is 0 Å². The summed E-state index contributed by atoms with van der Waals surface area (Å²) in [7, 11) is 2.17. The molecule has 0 radical (unpaired) electrons. The molecule has 0 bridgehead atoms. The minimum absolute atomic E-state index is 1.06. The summed E-state index contributed by atoms with van der Waals surface area (Å²) in [6.45, 7) is 2.18. The molecule has 1 aromatic rings. The zero-order valence-corrected chi connectivity index (χ0v) is 9.82. The van der Waals surface area contributed by atoms with Crippen molar-refractivity contribution in [2.45, 2.75) is 11.5 Å². The molecule has 0 saturated carbocycles. The monoisotopic (exact) mass is 195 g/mol. The normalized spacial score (nSPS) is 11.5. The zero-order valence-electron chi connectivity index (χ0n) is 9.82. The van der Waals surface area contributed by atoms with E-state index in [2.05, 4.69) is 72.1 Å². The van der Waals surface area contributed by atoms with Crippen molar-refractivity contribution in [3.05, 3.63) is 48.0 Å². The Morgan fingerprint density at radius 2 is 1.93 bits per heavy atom. The Balaban J connectivity index is 2.22. The van der Waals surface area contributed by atoms with Crippen LogP contribution in [0.2, 0.25) is 5.09 Å². The first-order valence-electron chi connectivity index (χ1n) is 5.70. The van der Waals surface area contributed by atoms with Crippen molar-refractivity contribution in [3.63, 3.8) is 0 Å². The Morgan fingerprint density at radius 1 is 1.20 bits per heavy atom. The predicted molar refractivity (Wildman–Crippen MR) is 67.3 cm³/mol. The molecule has 76 valence electrons. The average molecular weight is 195 g/mol. The Kier molecular flexibility index (Phi) is 6.51. The van der Waals surface area contributed by atoms with E-state index in [-0.39, 0.29) is 0 Å². The van der Waals surface area contributed by atoms with Crippen molar-refractivity contribution >= 4 is 17.7 Å². The van der Waals surface area contributed by atoms with E-state index in [1.165, 1.54) is 5.56 Å². The minimum atomic E-state index is 1.06. The topological polar surface area (TPSA) is 3.24 Å². The molecule has 1 nitrogen and oxygen atoms in total. The summed E-state index contributed by atoms with van der Waals surface area (Å²) in [6.07, 6.45) is 5.60. The van der Waals surface area contributed by atoms with Gasteiger partial charge in [-0.1, -0.05) is 0 Å². The molecule has 1 aromatic carbocycles. The number of rotatable bonds is 6. The van der Waals surface area contributed by atoms with E-state index in [1.807, 2.05) is 0 Å². The van der Waals surface area contributed by atoms with E-state index in [4.69, 9.17) is 0 Å². The molecule has 0 N–H and O–H groups in total. The number of benzene rings is 1. The second kappa shape index (κ2) is 7.76. The Hall–Kier alpha value is -0.483. The van der Waals surface area contributed by atoms with Crippen molar-refractivity contribution in [2.75, 3.05) is 20.1 Å². The molecule has 0 aliphatic rings. The van der Waals surface area contributed by atoms with E-state index in [9.17, 15) is 0 Å². The standard InChI is InChI=1S/C13H18N.Li/c1-3-4-11-14(2)12-10-13-8-6-5-7-9-13;/h3-9H,1,10-12H2,2H3;. The molecule has 0 saturated heterocycles. The van der Waals surface area contributed by atoms with Crippen LogP contribution in [0.3, 0.4) is 0 Å². The van der Waals surface area contributed by atoms with E-state index in [1.54, 1.807) is 0 Å². The average Bonchev–Trinajstić information content (AvgIpc) is 2.28. The summed E-state index contributed by atoms with van der Waals surface area (Å²) < 4.78 is 0. The van der Waals surface area contributed by atoms with Crippen LogP contribution in [0, 0.1) is 0 Å². The third-order valence-corrected chi connectivity index (χ3v) is 2.44. The fourth-order valence-electron chi connectivity index (χ4n) is 1.48. The van der Waals surface area contributed by atoms with Crippen LogP contribution in [0.25, 0.3) is 0 Å². The fraction of sp³-hybridized carbons (Fsp3) is 0.385. The number of hydrogen-bond acceptors (Lipinski definition) is 1. The second-order valence-electron chi connectivity index (χ2n) is 3.88. The van der Waals surface area contributed by atoms with Gasteiger partial charge in [0.25, 0.3) is 0 Å². The van der Waals surface area contributed by atoms with Crippen LogP contribution in [-0.4, -0.2) is 42.8 Å². The molecular formula is C13H18LiN. The quantitative estimate of drug-likeness (QED) is 0.497. The van der Waals surface area contributed by atoms with Crippen LogP contribution >= 0.6 is 0 Å². The van der Waals surface area contributed by atoms with Crippen LogP contribution in [0.1, 0.15) is 5.56 Å². The number of likely N-dealkylation sites (N-methyl/N-ethyl adjacent to an activating group) is 1. The molecule has 0 heterocycles. The van der Waals surface area contributed by atoms with Crippen molar-refractivity contribution < 1.29 is 0 Å². The Bertz CT molecular complexity index is 282. The van der Waals surface area contributed by atoms with Gasteiger partial charge < -0.3 is 0 Å². The molecule has 0 fully saturated rings. The summed E-state index contributed by atoms with van der Waals surface area (Å²) in [6, 6.07) is 10.7. The molecule has 2 heteroatoms. The van der Waals surface area contributed by atoms with Gasteiger partial charge in [-0.15, -0.1) is 0 Å². The van der Waals surface area contributed by atoms with E-state index >= 15 is 0 Å². The molecule has 15 heavy (non-hydrogen) atoms. The second-order valence-corrected chi connectivity index (χ2v) is 3.88. The zero-order chi connectivity index (χ0) is 10.9. The number of nitrogens with zero attached hydrogens (tertiary/aromatic N) is 1. The summed E-state index contributed by atoms with van der Waals surface area (Å²) in [5.74, 6) is 0. The summed E-state index contributed by atoms with van der Waals surface area (Å²) in [4.78, 5) is 2.35. The van der Waals surface area contributed by atoms with Gasteiger partial charge in [0.1, 0.15) is 0 Å². The third-order valence-electron chi connectivity index (χ3n) is 2.44. The molecule has 0 aliphatic heterocycles. The van der Waals surface area contributed by atoms with Gasteiger partial charge in [-0.2, -0.15) is 0 Å². The van der Waals surface area contributed by atoms with E-state index < -0.39 is 0 Å². The van der Waals surface area contributed by atoms with Crippen molar-refractivity contribution in [3.8, 4) is 0 Å². The fourth-order valence-corrected chi connectivity index (χ4v) is 1.48. The van der Waals surface area contributed by atoms with Crippen LogP contribution < -0.4 is 0 Å². The summed E-state index contributed by atoms with van der Waals surface area (Å²) in [5, 5.41) is 1.13. The number of hydrogen-bond donors (Lipinski definition) is 0. The molecule has 0 spiro atoms. The van der Waals surface area contributed by atoms with Gasteiger partial charge in [-0.25, -0.2) is 0 Å². The van der Waals surface area contributed by atoms with Gasteiger partial charge in [0.05, 0.1) is 0 Å². The van der Waals surface area contributed by atoms with Gasteiger partial charge in [-0.3, -0.25) is 0 Å². The molecule has 0 unspecified atom stereocenters. The van der Waals surface area contributed by atoms with Gasteiger partial charge in [0.2, 0.25) is 0 Å². The number of allylic oxidation sites excluding steroid dienone is 1. The Labute approximate surface area is 102 Å². The summed E-state index contributed by atoms with van der Waals surface area (Å²) >= 11 is 2.17. The van der Waals surface area contributed by atoms with Crippen LogP contribution in [0.5, 0.6) is 0 Å². The van der Waals surface area contributed by atoms with Gasteiger partial charge in [0.15, 0.2) is 0 Å². The predicted octanol–water partition coefficient (Wildman–Crippen LogP) is 2.30. The maximum absolute atomic E-state index is 2.35. The third kappa shape index (κ3) is 5.84. The van der Waals surface area contributed by atoms with Crippen LogP contribution in [0.15, 0.2) is 42.5 Å². The molecule has 1 rings (SSSR count). The maximum atomic E-state index is 2.35. The molecule has 0 atom stereocenters. The molecule has 0 amide bonds. The van der Waals surface area contributed by atoms with Crippen molar-refractivity contribution in [2.24, 2.45) is 0 Å². The molecule has 0 aliphatic carbocycles. The van der Waals surface area contributed by atoms with Gasteiger partial charge in [0, 0.05) is 0 Å². The van der Waals surface area contributed by atoms with Crippen molar-refractivity contribution in [1.82, 2.24) is 4.90 Å². The summed E-state index contributed by atoms with van der Waals surface area (Å²) in [5.41, 5.74) is 1.42. The van der Waals surface area contributed by atoms with Crippen LogP contribution in [0.4, 0.5) is 0 Å².